The molecule has 2 aliphatic carbocycles. The molecule has 0 N–H and O–H groups in total. The highest BCUT2D eigenvalue weighted by Gasteiger charge is 2.68. The Morgan fingerprint density at radius 3 is 2.69 bits per heavy atom. The first-order valence-corrected chi connectivity index (χ1v) is 9.25. The minimum absolute atomic E-state index is 0.189. The Kier molecular flexibility index (Phi) is 3.79. The molecule has 2 saturated carbocycles. The predicted octanol–water partition coefficient (Wildman–Crippen LogP) is 2.47. The van der Waals surface area contributed by atoms with Crippen LogP contribution in [0.3, 0.4) is 0 Å². The van der Waals surface area contributed by atoms with Crippen molar-refractivity contribution in [2.45, 2.75) is 65.3 Å². The maximum Gasteiger partial charge on any atom is 0.334 e. The molecule has 0 radical (unpaired) electrons. The Morgan fingerprint density at radius 2 is 2.00 bits per heavy atom. The Balaban J connectivity index is 1.70. The van der Waals surface area contributed by atoms with Gasteiger partial charge in [0.1, 0.15) is 24.2 Å². The Bertz CT molecular complexity index is 762. The molecule has 4 rings (SSSR count). The van der Waals surface area contributed by atoms with Crippen molar-refractivity contribution >= 4 is 17.9 Å². The van der Waals surface area contributed by atoms with E-state index in [4.69, 9.17) is 14.2 Å². The summed E-state index contributed by atoms with van der Waals surface area (Å²) in [6.07, 6.45) is 2.58. The third-order valence-electron chi connectivity index (χ3n) is 6.90. The number of ether oxygens (including phenoxy) is 3. The van der Waals surface area contributed by atoms with Gasteiger partial charge in [0.2, 0.25) is 0 Å². The minimum Gasteiger partial charge on any atom is -0.458 e. The largest absolute Gasteiger partial charge is 0.458 e. The predicted molar refractivity (Wildman–Crippen MR) is 90.7 cm³/mol. The van der Waals surface area contributed by atoms with E-state index in [9.17, 15) is 14.4 Å². The third-order valence-corrected chi connectivity index (χ3v) is 6.90. The summed E-state index contributed by atoms with van der Waals surface area (Å²) in [7, 11) is 0. The van der Waals surface area contributed by atoms with E-state index in [-0.39, 0.29) is 29.9 Å². The molecule has 0 aromatic carbocycles. The number of hydrogen-bond acceptors (Lipinski definition) is 6. The highest BCUT2D eigenvalue weighted by atomic mass is 16.6. The zero-order valence-corrected chi connectivity index (χ0v) is 15.5. The average Bonchev–Trinajstić information content (AvgIpc) is 3.03. The van der Waals surface area contributed by atoms with Crippen LogP contribution in [0.4, 0.5) is 0 Å². The summed E-state index contributed by atoms with van der Waals surface area (Å²) in [6.45, 7) is 7.26. The molecule has 0 amide bonds. The van der Waals surface area contributed by atoms with Gasteiger partial charge in [0.25, 0.3) is 0 Å². The summed E-state index contributed by atoms with van der Waals surface area (Å²) in [5.41, 5.74) is 1.40. The van der Waals surface area contributed by atoms with Crippen molar-refractivity contribution in [1.82, 2.24) is 0 Å². The lowest BCUT2D eigenvalue weighted by molar-refractivity contribution is -0.161. The van der Waals surface area contributed by atoms with Crippen molar-refractivity contribution in [3.05, 3.63) is 22.8 Å². The molecule has 0 spiro atoms. The van der Waals surface area contributed by atoms with Gasteiger partial charge in [0, 0.05) is 22.1 Å². The Hall–Kier alpha value is -2.11. The molecule has 3 fully saturated rings. The molecular formula is C20H24O6. The summed E-state index contributed by atoms with van der Waals surface area (Å²) >= 11 is 0. The first kappa shape index (κ1) is 17.3. The van der Waals surface area contributed by atoms with E-state index in [0.29, 0.717) is 24.0 Å². The number of carbonyl (C=O) groups excluding carboxylic acids is 3. The number of allylic oxidation sites excluding steroid dienone is 1. The topological polar surface area (TPSA) is 78.9 Å². The molecular weight excluding hydrogens is 336 g/mol. The van der Waals surface area contributed by atoms with Crippen LogP contribution in [0, 0.1) is 17.3 Å². The summed E-state index contributed by atoms with van der Waals surface area (Å²) in [5, 5.41) is 0. The number of hydrogen-bond donors (Lipinski definition) is 0. The van der Waals surface area contributed by atoms with Gasteiger partial charge in [-0.1, -0.05) is 13.0 Å². The van der Waals surface area contributed by atoms with Gasteiger partial charge in [0.15, 0.2) is 0 Å². The molecule has 140 valence electrons. The fourth-order valence-electron chi connectivity index (χ4n) is 5.28. The molecule has 4 aliphatic rings. The first-order chi connectivity index (χ1) is 12.3. The number of carbonyl (C=O) groups is 3. The van der Waals surface area contributed by atoms with E-state index >= 15 is 0 Å². The van der Waals surface area contributed by atoms with Crippen LogP contribution in [0.15, 0.2) is 22.8 Å². The number of rotatable bonds is 2. The van der Waals surface area contributed by atoms with Gasteiger partial charge < -0.3 is 14.2 Å². The lowest BCUT2D eigenvalue weighted by atomic mass is 9.53. The third kappa shape index (κ3) is 2.14. The van der Waals surface area contributed by atoms with Gasteiger partial charge in [-0.15, -0.1) is 0 Å². The number of esters is 3. The van der Waals surface area contributed by atoms with Crippen molar-refractivity contribution in [1.29, 1.82) is 0 Å². The van der Waals surface area contributed by atoms with Gasteiger partial charge in [-0.2, -0.15) is 0 Å². The average molecular weight is 360 g/mol. The van der Waals surface area contributed by atoms with Crippen LogP contribution in [0.1, 0.15) is 47.0 Å². The van der Waals surface area contributed by atoms with Crippen LogP contribution in [-0.4, -0.2) is 36.2 Å². The van der Waals surface area contributed by atoms with Crippen molar-refractivity contribution in [2.24, 2.45) is 17.3 Å². The lowest BCUT2D eigenvalue weighted by Gasteiger charge is -2.50. The quantitative estimate of drug-likeness (QED) is 0.428. The zero-order chi connectivity index (χ0) is 18.8. The van der Waals surface area contributed by atoms with Gasteiger partial charge >= 0.3 is 17.9 Å². The summed E-state index contributed by atoms with van der Waals surface area (Å²) in [6, 6.07) is 0. The Labute approximate surface area is 152 Å². The van der Waals surface area contributed by atoms with E-state index in [0.717, 1.165) is 12.0 Å². The maximum absolute atomic E-state index is 12.8. The van der Waals surface area contributed by atoms with Gasteiger partial charge in [-0.3, -0.25) is 4.79 Å². The molecule has 1 saturated heterocycles. The fraction of sp³-hybridized carbons (Fsp3) is 0.650. The molecule has 6 atom stereocenters. The minimum atomic E-state index is -0.503. The Morgan fingerprint density at radius 1 is 1.27 bits per heavy atom. The van der Waals surface area contributed by atoms with E-state index < -0.39 is 23.5 Å². The fourth-order valence-corrected chi connectivity index (χ4v) is 5.28. The number of fused-ring (bicyclic) bond motifs is 2. The van der Waals surface area contributed by atoms with Crippen molar-refractivity contribution in [3.8, 4) is 0 Å². The monoisotopic (exact) mass is 360 g/mol. The summed E-state index contributed by atoms with van der Waals surface area (Å²) in [4.78, 5) is 37.1. The molecule has 2 aliphatic heterocycles. The second-order valence-electron chi connectivity index (χ2n) is 8.06. The van der Waals surface area contributed by atoms with Crippen LogP contribution in [0.5, 0.6) is 0 Å². The second kappa shape index (κ2) is 5.69. The van der Waals surface area contributed by atoms with Crippen LogP contribution >= 0.6 is 0 Å². The highest BCUT2D eigenvalue weighted by molar-refractivity contribution is 5.93. The molecule has 2 heterocycles. The van der Waals surface area contributed by atoms with Crippen LogP contribution in [-0.2, 0) is 28.6 Å². The smallest absolute Gasteiger partial charge is 0.334 e. The van der Waals surface area contributed by atoms with Crippen molar-refractivity contribution < 1.29 is 28.6 Å². The maximum atomic E-state index is 12.8. The SMILES string of the molecule is C/C=C(/C)C(=O)O[C@H]1CC[C@@H]2C[C@@H]3OC(=O)C(C)=C3[C@@H]3OC(=O)[C@@H]1[C@]23C. The van der Waals surface area contributed by atoms with Crippen LogP contribution in [0.25, 0.3) is 0 Å². The van der Waals surface area contributed by atoms with E-state index in [1.165, 1.54) is 0 Å². The molecule has 6 heteroatoms. The molecule has 26 heavy (non-hydrogen) atoms. The molecule has 0 aromatic rings. The molecule has 0 bridgehead atoms. The molecule has 6 nitrogen and oxygen atoms in total. The van der Waals surface area contributed by atoms with Crippen LogP contribution < -0.4 is 0 Å². The molecule has 0 aromatic heterocycles. The normalized spacial score (nSPS) is 41.4. The second-order valence-corrected chi connectivity index (χ2v) is 8.06. The van der Waals surface area contributed by atoms with Crippen molar-refractivity contribution in [2.75, 3.05) is 0 Å². The lowest BCUT2D eigenvalue weighted by Crippen LogP contribution is -2.55. The standard InChI is InChI=1S/C20H24O6/c1-5-9(2)17(21)24-12-7-6-11-8-13-14(10(3)18(22)25-13)16-20(11,4)15(12)19(23)26-16/h5,11-13,15-16H,6-8H2,1-4H3/b9-5-/t11-,12+,13+,15-,16+,20+/m1/s1. The summed E-state index contributed by atoms with van der Waals surface area (Å²) < 4.78 is 17.0. The van der Waals surface area contributed by atoms with Crippen molar-refractivity contribution in [3.63, 3.8) is 0 Å². The molecule has 0 unspecified atom stereocenters. The van der Waals surface area contributed by atoms with E-state index in [2.05, 4.69) is 0 Å². The van der Waals surface area contributed by atoms with E-state index in [1.807, 2.05) is 6.92 Å². The highest BCUT2D eigenvalue weighted by Crippen LogP contribution is 2.61. The first-order valence-electron chi connectivity index (χ1n) is 9.25. The van der Waals surface area contributed by atoms with E-state index in [1.54, 1.807) is 26.8 Å². The zero-order valence-electron chi connectivity index (χ0n) is 15.5. The summed E-state index contributed by atoms with van der Waals surface area (Å²) in [5.74, 6) is -1.36. The van der Waals surface area contributed by atoms with Gasteiger partial charge in [-0.25, -0.2) is 9.59 Å². The van der Waals surface area contributed by atoms with Crippen LogP contribution in [0.2, 0.25) is 0 Å². The van der Waals surface area contributed by atoms with Gasteiger partial charge in [-0.05, 0) is 46.0 Å². The van der Waals surface area contributed by atoms with Gasteiger partial charge in [0.05, 0.1) is 0 Å².